The summed E-state index contributed by atoms with van der Waals surface area (Å²) in [4.78, 5) is 33.1. The summed E-state index contributed by atoms with van der Waals surface area (Å²) >= 11 is 0. The first-order valence-corrected chi connectivity index (χ1v) is 14.9. The summed E-state index contributed by atoms with van der Waals surface area (Å²) in [5.41, 5.74) is 3.83. The first-order valence-electron chi connectivity index (χ1n) is 14.9. The molecule has 3 aliphatic rings. The van der Waals surface area contributed by atoms with Gasteiger partial charge in [0.1, 0.15) is 18.0 Å². The van der Waals surface area contributed by atoms with Gasteiger partial charge in [-0.15, -0.1) is 0 Å². The zero-order chi connectivity index (χ0) is 31.1. The number of H-pyrrole nitrogens is 1. The molecular formula is C33H41FN2O9. The molecule has 45 heavy (non-hydrogen) atoms. The van der Waals surface area contributed by atoms with Crippen molar-refractivity contribution >= 4 is 22.8 Å². The Morgan fingerprint density at radius 1 is 0.911 bits per heavy atom. The molecule has 1 aromatic heterocycles. The second-order valence-corrected chi connectivity index (χ2v) is 11.7. The van der Waals surface area contributed by atoms with Crippen molar-refractivity contribution in [3.05, 3.63) is 47.2 Å². The monoisotopic (exact) mass is 628 g/mol. The number of aromatic amines is 1. The van der Waals surface area contributed by atoms with Crippen molar-refractivity contribution in [2.24, 2.45) is 17.8 Å². The maximum Gasteiger partial charge on any atom is 0.338 e. The molecule has 1 saturated carbocycles. The van der Waals surface area contributed by atoms with Gasteiger partial charge in [0.05, 0.1) is 53.1 Å². The van der Waals surface area contributed by atoms with Gasteiger partial charge in [-0.3, -0.25) is 14.4 Å². The molecule has 3 heterocycles. The quantitative estimate of drug-likeness (QED) is 0.362. The normalized spacial score (nSPS) is 25.6. The lowest BCUT2D eigenvalue weighted by Crippen LogP contribution is -2.58. The average molecular weight is 629 g/mol. The molecule has 1 aliphatic carbocycles. The van der Waals surface area contributed by atoms with Crippen LogP contribution in [0.4, 0.5) is 4.70 Å². The number of carbonyl (C=O) groups is 2. The van der Waals surface area contributed by atoms with Crippen molar-refractivity contribution in [2.45, 2.75) is 37.5 Å². The Morgan fingerprint density at radius 3 is 2.27 bits per heavy atom. The van der Waals surface area contributed by atoms with Gasteiger partial charge in [-0.05, 0) is 60.9 Å². The number of hydrogen-bond acceptors (Lipinski definition) is 10. The number of halogens is 1. The molecule has 2 aliphatic heterocycles. The molecule has 12 heteroatoms. The van der Waals surface area contributed by atoms with Gasteiger partial charge < -0.3 is 38.1 Å². The lowest BCUT2D eigenvalue weighted by molar-refractivity contribution is -0.176. The number of carbonyl (C=O) groups excluding carboxylic acids is 2. The molecule has 6 atom stereocenters. The molecule has 1 saturated heterocycles. The van der Waals surface area contributed by atoms with Gasteiger partial charge in [0.25, 0.3) is 0 Å². The zero-order valence-corrected chi connectivity index (χ0v) is 26.4. The second kappa shape index (κ2) is 13.1. The number of ether oxygens (including phenoxy) is 7. The first kappa shape index (κ1) is 32.4. The number of aromatic nitrogens is 1. The van der Waals surface area contributed by atoms with Gasteiger partial charge >= 0.3 is 11.9 Å². The van der Waals surface area contributed by atoms with Crippen LogP contribution in [0.5, 0.6) is 23.0 Å². The van der Waals surface area contributed by atoms with E-state index in [4.69, 9.17) is 33.2 Å². The lowest BCUT2D eigenvalue weighted by atomic mass is 9.63. The summed E-state index contributed by atoms with van der Waals surface area (Å²) in [6.07, 6.45) is 0.920. The van der Waals surface area contributed by atoms with Crippen molar-refractivity contribution in [3.8, 4) is 23.0 Å². The number of nitrogens with zero attached hydrogens (tertiary/aromatic N) is 1. The molecule has 0 radical (unpaired) electrons. The van der Waals surface area contributed by atoms with E-state index in [0.29, 0.717) is 23.7 Å². The minimum Gasteiger partial charge on any atom is -0.497 e. The van der Waals surface area contributed by atoms with Crippen LogP contribution >= 0.6 is 0 Å². The fraction of sp³-hybridized carbons (Fsp3) is 0.515. The zero-order valence-electron chi connectivity index (χ0n) is 26.4. The highest BCUT2D eigenvalue weighted by atomic mass is 19.0. The van der Waals surface area contributed by atoms with Crippen LogP contribution in [-0.2, 0) is 25.4 Å². The Kier molecular flexibility index (Phi) is 9.45. The van der Waals surface area contributed by atoms with Crippen LogP contribution in [0.15, 0.2) is 30.3 Å². The van der Waals surface area contributed by atoms with Gasteiger partial charge in [0, 0.05) is 42.9 Å². The minimum atomic E-state index is -0.670. The third-order valence-electron chi connectivity index (χ3n) is 9.76. The third-order valence-corrected chi connectivity index (χ3v) is 9.76. The second-order valence-electron chi connectivity index (χ2n) is 11.7. The number of rotatable bonds is 8. The van der Waals surface area contributed by atoms with Crippen molar-refractivity contribution in [3.63, 3.8) is 0 Å². The minimum absolute atomic E-state index is 0. The van der Waals surface area contributed by atoms with Gasteiger partial charge in [0.15, 0.2) is 11.5 Å². The van der Waals surface area contributed by atoms with E-state index in [-0.39, 0.29) is 34.1 Å². The maximum absolute atomic E-state index is 13.5. The fourth-order valence-corrected chi connectivity index (χ4v) is 7.76. The largest absolute Gasteiger partial charge is 0.497 e. The summed E-state index contributed by atoms with van der Waals surface area (Å²) in [5.74, 6) is 0.441. The molecule has 0 unspecified atom stereocenters. The Labute approximate surface area is 261 Å². The van der Waals surface area contributed by atoms with Crippen LogP contribution in [0.1, 0.15) is 40.5 Å². The topological polar surface area (TPSA) is 118 Å². The summed E-state index contributed by atoms with van der Waals surface area (Å²) in [6.45, 7) is 1.68. The molecule has 2 fully saturated rings. The number of fused-ring (bicyclic) bond motifs is 6. The number of nitrogens with one attached hydrogen (secondary N) is 1. The predicted molar refractivity (Wildman–Crippen MR) is 163 cm³/mol. The van der Waals surface area contributed by atoms with E-state index in [9.17, 15) is 9.59 Å². The van der Waals surface area contributed by atoms with Crippen molar-refractivity contribution in [2.75, 3.05) is 55.7 Å². The number of hydrogen-bond donors (Lipinski definition) is 1. The molecule has 1 N–H and O–H groups in total. The van der Waals surface area contributed by atoms with Gasteiger partial charge in [-0.2, -0.15) is 0 Å². The summed E-state index contributed by atoms with van der Waals surface area (Å²) in [6, 6.07) is 9.40. The lowest BCUT2D eigenvalue weighted by Gasteiger charge is -2.52. The van der Waals surface area contributed by atoms with E-state index >= 15 is 0 Å². The highest BCUT2D eigenvalue weighted by molar-refractivity contribution is 5.91. The van der Waals surface area contributed by atoms with Gasteiger partial charge in [-0.1, -0.05) is 0 Å². The molecule has 0 bridgehead atoms. The fourth-order valence-electron chi connectivity index (χ4n) is 7.76. The third kappa shape index (κ3) is 5.54. The number of methoxy groups -OCH3 is 6. The average Bonchev–Trinajstić information content (AvgIpc) is 3.43. The predicted octanol–water partition coefficient (Wildman–Crippen LogP) is 4.32. The Bertz CT molecular complexity index is 1530. The van der Waals surface area contributed by atoms with Crippen molar-refractivity contribution in [1.29, 1.82) is 0 Å². The van der Waals surface area contributed by atoms with E-state index in [1.807, 2.05) is 12.1 Å². The van der Waals surface area contributed by atoms with Crippen LogP contribution < -0.4 is 18.9 Å². The summed E-state index contributed by atoms with van der Waals surface area (Å²) < 4.78 is 39.1. The van der Waals surface area contributed by atoms with Crippen molar-refractivity contribution < 1.29 is 47.5 Å². The number of piperidine rings is 1. The van der Waals surface area contributed by atoms with Gasteiger partial charge in [0.2, 0.25) is 5.75 Å². The van der Waals surface area contributed by atoms with E-state index in [2.05, 4.69) is 16.0 Å². The molecular weight excluding hydrogens is 587 g/mol. The number of benzene rings is 2. The highest BCUT2D eigenvalue weighted by Gasteiger charge is 2.54. The SMILES string of the molecule is COC(=O)[C@H]1[C@H]2C[C@@H]3c4[nH]c5cc(OC)ccc5c4CCN3C[C@H]2C[C@@H](OC(=O)c2cc(OC)c(OC)c(OC)c2)[C@@H]1OC.F. The van der Waals surface area contributed by atoms with Crippen LogP contribution in [0.25, 0.3) is 10.9 Å². The van der Waals surface area contributed by atoms with E-state index in [0.717, 1.165) is 37.2 Å². The Balaban J connectivity index is 0.00000400. The first-order chi connectivity index (χ1) is 21.3. The van der Waals surface area contributed by atoms with Crippen LogP contribution in [0.3, 0.4) is 0 Å². The molecule has 0 amide bonds. The molecule has 11 nitrogen and oxygen atoms in total. The number of esters is 2. The smallest absolute Gasteiger partial charge is 0.338 e. The van der Waals surface area contributed by atoms with Crippen molar-refractivity contribution in [1.82, 2.24) is 9.88 Å². The van der Waals surface area contributed by atoms with Crippen LogP contribution in [-0.4, -0.2) is 89.8 Å². The summed E-state index contributed by atoms with van der Waals surface area (Å²) in [7, 11) is 9.10. The molecule has 0 spiro atoms. The van der Waals surface area contributed by atoms with Crippen LogP contribution in [0.2, 0.25) is 0 Å². The maximum atomic E-state index is 13.5. The summed E-state index contributed by atoms with van der Waals surface area (Å²) in [5, 5.41) is 1.21. The van der Waals surface area contributed by atoms with E-state index < -0.39 is 24.1 Å². The molecule has 244 valence electrons. The van der Waals surface area contributed by atoms with Gasteiger partial charge in [-0.25, -0.2) is 4.79 Å². The Morgan fingerprint density at radius 2 is 1.64 bits per heavy atom. The standard InChI is InChI=1S/C33H40N2O9.FH/c1-38-19-7-8-20-21-9-10-35-16-18-13-27(44-32(36)17-11-25(39-2)30(41-4)26(12-17)40-3)31(42-5)28(33(37)43-6)22(18)15-24(35)29(21)34-23(20)14-19;/h7-8,11-12,14,18,22,24,27-28,31,34H,9-10,13,15-16H2,1-6H3;1H/t18-,22+,24-,27-,28+,31+;/m1./s1. The molecule has 3 aromatic rings. The molecule has 6 rings (SSSR count). The highest BCUT2D eigenvalue weighted by Crippen LogP contribution is 2.51. The van der Waals surface area contributed by atoms with E-state index in [1.165, 1.54) is 45.1 Å². The van der Waals surface area contributed by atoms with E-state index in [1.54, 1.807) is 26.4 Å². The molecule has 2 aromatic carbocycles. The van der Waals surface area contributed by atoms with Crippen LogP contribution in [0, 0.1) is 17.8 Å². The Hall–Kier alpha value is -4.03.